The second-order valence-electron chi connectivity index (χ2n) is 5.33. The predicted molar refractivity (Wildman–Crippen MR) is 91.9 cm³/mol. The molecule has 1 atom stereocenters. The van der Waals surface area contributed by atoms with E-state index in [0.717, 1.165) is 23.4 Å². The molecule has 5 heteroatoms. The molecule has 3 aromatic rings. The fourth-order valence-corrected chi connectivity index (χ4v) is 3.14. The van der Waals surface area contributed by atoms with E-state index in [2.05, 4.69) is 53.3 Å². The Bertz CT molecular complexity index is 766. The lowest BCUT2D eigenvalue weighted by atomic mass is 10.1. The van der Waals surface area contributed by atoms with Crippen molar-refractivity contribution in [3.8, 4) is 11.4 Å². The topological polar surface area (TPSA) is 41.6 Å². The number of aromatic amines is 1. The Kier molecular flexibility index (Phi) is 4.76. The first-order valence-electron chi connectivity index (χ1n) is 7.59. The van der Waals surface area contributed by atoms with Crippen LogP contribution in [0.15, 0.2) is 53.7 Å². The van der Waals surface area contributed by atoms with Gasteiger partial charge in [0.05, 0.1) is 0 Å². The summed E-state index contributed by atoms with van der Waals surface area (Å²) in [5.41, 5.74) is 3.37. The lowest BCUT2D eigenvalue weighted by Gasteiger charge is -2.08. The Hall–Kier alpha value is -2.14. The summed E-state index contributed by atoms with van der Waals surface area (Å²) in [7, 11) is 0. The third-order valence-corrected chi connectivity index (χ3v) is 4.74. The predicted octanol–water partition coefficient (Wildman–Crippen LogP) is 5.03. The molecule has 0 aliphatic carbocycles. The quantitative estimate of drug-likeness (QED) is 0.669. The maximum atomic E-state index is 13.0. The number of benzene rings is 2. The van der Waals surface area contributed by atoms with Crippen molar-refractivity contribution < 1.29 is 4.39 Å². The van der Waals surface area contributed by atoms with E-state index >= 15 is 0 Å². The molecule has 1 heterocycles. The van der Waals surface area contributed by atoms with Crippen molar-refractivity contribution in [2.24, 2.45) is 0 Å². The minimum absolute atomic E-state index is 0.154. The van der Waals surface area contributed by atoms with Crippen LogP contribution in [0.3, 0.4) is 0 Å². The second kappa shape index (κ2) is 6.96. The molecule has 23 heavy (non-hydrogen) atoms. The number of aryl methyl sites for hydroxylation is 1. The minimum atomic E-state index is -0.221. The van der Waals surface area contributed by atoms with Crippen LogP contribution in [0.4, 0.5) is 4.39 Å². The van der Waals surface area contributed by atoms with Crippen molar-refractivity contribution in [3.05, 3.63) is 65.5 Å². The number of hydrogen-bond acceptors (Lipinski definition) is 3. The lowest BCUT2D eigenvalue weighted by Crippen LogP contribution is -1.89. The van der Waals surface area contributed by atoms with Crippen molar-refractivity contribution in [1.82, 2.24) is 15.2 Å². The SMILES string of the molecule is CCc1ccc(-c2nc(S[C@@H](C)c3ccc(F)cc3)n[nH]2)cc1. The number of nitrogens with one attached hydrogen (secondary N) is 1. The zero-order valence-corrected chi connectivity index (χ0v) is 13.9. The van der Waals surface area contributed by atoms with E-state index < -0.39 is 0 Å². The molecule has 1 N–H and O–H groups in total. The molecule has 118 valence electrons. The number of aromatic nitrogens is 3. The molecule has 0 amide bonds. The highest BCUT2D eigenvalue weighted by atomic mass is 32.2. The zero-order chi connectivity index (χ0) is 16.2. The van der Waals surface area contributed by atoms with Crippen LogP contribution in [-0.4, -0.2) is 15.2 Å². The van der Waals surface area contributed by atoms with E-state index in [1.807, 2.05) is 0 Å². The van der Waals surface area contributed by atoms with E-state index in [1.165, 1.54) is 17.7 Å². The van der Waals surface area contributed by atoms with Crippen LogP contribution in [0, 0.1) is 5.82 Å². The first-order chi connectivity index (χ1) is 11.2. The molecule has 0 fully saturated rings. The van der Waals surface area contributed by atoms with Crippen LogP contribution < -0.4 is 0 Å². The highest BCUT2D eigenvalue weighted by Crippen LogP contribution is 2.33. The van der Waals surface area contributed by atoms with Crippen molar-refractivity contribution in [2.75, 3.05) is 0 Å². The monoisotopic (exact) mass is 327 g/mol. The van der Waals surface area contributed by atoms with Gasteiger partial charge in [0.15, 0.2) is 5.82 Å². The molecule has 0 saturated heterocycles. The van der Waals surface area contributed by atoms with Gasteiger partial charge in [-0.05, 0) is 36.6 Å². The van der Waals surface area contributed by atoms with Gasteiger partial charge in [0.25, 0.3) is 0 Å². The maximum Gasteiger partial charge on any atom is 0.209 e. The normalized spacial score (nSPS) is 12.3. The van der Waals surface area contributed by atoms with E-state index in [-0.39, 0.29) is 11.1 Å². The van der Waals surface area contributed by atoms with Crippen LogP contribution in [0.5, 0.6) is 0 Å². The summed E-state index contributed by atoms with van der Waals surface area (Å²) in [6.45, 7) is 4.19. The minimum Gasteiger partial charge on any atom is -0.258 e. The summed E-state index contributed by atoms with van der Waals surface area (Å²) in [5, 5.41) is 8.10. The molecule has 1 aromatic heterocycles. The van der Waals surface area contributed by atoms with Gasteiger partial charge in [0.1, 0.15) is 5.82 Å². The van der Waals surface area contributed by atoms with Crippen LogP contribution in [0.2, 0.25) is 0 Å². The highest BCUT2D eigenvalue weighted by molar-refractivity contribution is 7.99. The third kappa shape index (κ3) is 3.79. The highest BCUT2D eigenvalue weighted by Gasteiger charge is 2.12. The molecular weight excluding hydrogens is 309 g/mol. The van der Waals surface area contributed by atoms with Crippen molar-refractivity contribution >= 4 is 11.8 Å². The first-order valence-corrected chi connectivity index (χ1v) is 8.47. The molecule has 0 saturated carbocycles. The summed E-state index contributed by atoms with van der Waals surface area (Å²) in [5.74, 6) is 0.545. The molecule has 3 nitrogen and oxygen atoms in total. The molecular formula is C18H18FN3S. The molecule has 0 bridgehead atoms. The number of hydrogen-bond donors (Lipinski definition) is 1. The Morgan fingerprint density at radius 1 is 1.09 bits per heavy atom. The van der Waals surface area contributed by atoms with Crippen LogP contribution >= 0.6 is 11.8 Å². The number of H-pyrrole nitrogens is 1. The second-order valence-corrected chi connectivity index (χ2v) is 6.64. The van der Waals surface area contributed by atoms with Crippen molar-refractivity contribution in [2.45, 2.75) is 30.7 Å². The number of nitrogens with zero attached hydrogens (tertiary/aromatic N) is 2. The van der Waals surface area contributed by atoms with E-state index in [9.17, 15) is 4.39 Å². The van der Waals surface area contributed by atoms with E-state index in [0.29, 0.717) is 5.16 Å². The fraction of sp³-hybridized carbons (Fsp3) is 0.222. The average molecular weight is 327 g/mol. The van der Waals surface area contributed by atoms with Gasteiger partial charge in [0, 0.05) is 10.8 Å². The Labute approximate surface area is 139 Å². The Morgan fingerprint density at radius 3 is 2.43 bits per heavy atom. The summed E-state index contributed by atoms with van der Waals surface area (Å²) in [6.07, 6.45) is 1.02. The summed E-state index contributed by atoms with van der Waals surface area (Å²) in [4.78, 5) is 4.54. The van der Waals surface area contributed by atoms with Crippen LogP contribution in [-0.2, 0) is 6.42 Å². The van der Waals surface area contributed by atoms with Gasteiger partial charge in [-0.15, -0.1) is 5.10 Å². The molecule has 0 aliphatic heterocycles. The molecule has 2 aromatic carbocycles. The summed E-state index contributed by atoms with van der Waals surface area (Å²) in [6, 6.07) is 14.9. The molecule has 0 spiro atoms. The molecule has 0 aliphatic rings. The van der Waals surface area contributed by atoms with Gasteiger partial charge < -0.3 is 0 Å². The van der Waals surface area contributed by atoms with Gasteiger partial charge in [-0.2, -0.15) is 0 Å². The van der Waals surface area contributed by atoms with Crippen molar-refractivity contribution in [1.29, 1.82) is 0 Å². The van der Waals surface area contributed by atoms with E-state index in [1.54, 1.807) is 23.9 Å². The smallest absolute Gasteiger partial charge is 0.209 e. The van der Waals surface area contributed by atoms with Gasteiger partial charge in [-0.3, -0.25) is 5.10 Å². The van der Waals surface area contributed by atoms with Gasteiger partial charge in [-0.25, -0.2) is 9.37 Å². The van der Waals surface area contributed by atoms with Gasteiger partial charge in [0.2, 0.25) is 5.16 Å². The van der Waals surface area contributed by atoms with Gasteiger partial charge >= 0.3 is 0 Å². The number of halogens is 1. The summed E-state index contributed by atoms with van der Waals surface area (Å²) >= 11 is 1.55. The maximum absolute atomic E-state index is 13.0. The first kappa shape index (κ1) is 15.7. The largest absolute Gasteiger partial charge is 0.258 e. The Balaban J connectivity index is 1.72. The summed E-state index contributed by atoms with van der Waals surface area (Å²) < 4.78 is 13.0. The molecule has 3 rings (SSSR count). The fourth-order valence-electron chi connectivity index (χ4n) is 2.29. The lowest BCUT2D eigenvalue weighted by molar-refractivity contribution is 0.627. The van der Waals surface area contributed by atoms with Crippen LogP contribution in [0.25, 0.3) is 11.4 Å². The third-order valence-electron chi connectivity index (χ3n) is 3.72. The van der Waals surface area contributed by atoms with Crippen molar-refractivity contribution in [3.63, 3.8) is 0 Å². The molecule has 0 radical (unpaired) electrons. The van der Waals surface area contributed by atoms with E-state index in [4.69, 9.17) is 0 Å². The Morgan fingerprint density at radius 2 is 1.78 bits per heavy atom. The zero-order valence-electron chi connectivity index (χ0n) is 13.1. The van der Waals surface area contributed by atoms with Crippen LogP contribution in [0.1, 0.15) is 30.2 Å². The number of rotatable bonds is 5. The average Bonchev–Trinajstić information content (AvgIpc) is 3.04. The van der Waals surface area contributed by atoms with Gasteiger partial charge in [-0.1, -0.05) is 55.1 Å². The number of thioether (sulfide) groups is 1. The molecule has 0 unspecified atom stereocenters. The standard InChI is InChI=1S/C18H18FN3S/c1-3-13-4-6-15(7-5-13)17-20-18(22-21-17)23-12(2)14-8-10-16(19)11-9-14/h4-12H,3H2,1-2H3,(H,20,21,22)/t12-/m0/s1.